The number of nitrogens with zero attached hydrogens (tertiary/aromatic N) is 2. The van der Waals surface area contributed by atoms with Gasteiger partial charge < -0.3 is 24.6 Å². The van der Waals surface area contributed by atoms with Crippen molar-refractivity contribution >= 4 is 29.0 Å². The van der Waals surface area contributed by atoms with Gasteiger partial charge in [0.2, 0.25) is 11.8 Å². The molecule has 0 aliphatic carbocycles. The molecule has 8 heteroatoms. The fraction of sp³-hybridized carbons (Fsp3) is 0.444. The first-order chi connectivity index (χ1) is 17.1. The van der Waals surface area contributed by atoms with E-state index in [1.54, 1.807) is 11.0 Å². The number of fused-ring (bicyclic) bond motifs is 1. The van der Waals surface area contributed by atoms with Crippen molar-refractivity contribution in [1.29, 1.82) is 0 Å². The zero-order valence-electron chi connectivity index (χ0n) is 19.8. The van der Waals surface area contributed by atoms with Crippen LogP contribution in [-0.2, 0) is 9.59 Å². The van der Waals surface area contributed by atoms with E-state index in [2.05, 4.69) is 10.2 Å². The Bertz CT molecular complexity index is 1090. The molecule has 2 saturated heterocycles. The zero-order chi connectivity index (χ0) is 24.2. The van der Waals surface area contributed by atoms with Crippen molar-refractivity contribution in [3.05, 3.63) is 48.0 Å². The first-order valence-corrected chi connectivity index (χ1v) is 12.4. The highest BCUT2D eigenvalue weighted by atomic mass is 16.6. The van der Waals surface area contributed by atoms with E-state index in [0.29, 0.717) is 49.7 Å². The summed E-state index contributed by atoms with van der Waals surface area (Å²) in [6.45, 7) is 4.05. The standard InChI is InChI=1S/C27H31N3O5/c31-25(28-21-4-6-22(7-5-21)30-12-1-2-26(30)32)11-15-29-13-9-19(10-14-29)27(33)20-3-8-23-24(18-20)35-17-16-34-23/h3-8,18-19H,1-2,9-17H2,(H,28,31). The number of Topliss-reactive ketones (excluding diaryl/α,β-unsaturated/α-hetero) is 1. The number of amides is 2. The molecule has 3 heterocycles. The van der Waals surface area contributed by atoms with Crippen LogP contribution in [0.5, 0.6) is 11.5 Å². The normalized spacial score (nSPS) is 18.5. The minimum Gasteiger partial charge on any atom is -0.486 e. The SMILES string of the molecule is O=C(CCN1CCC(C(=O)c2ccc3c(c2)OCCO3)CC1)Nc1ccc(N2CCCC2=O)cc1. The number of anilines is 2. The van der Waals surface area contributed by atoms with Gasteiger partial charge in [0.05, 0.1) is 0 Å². The highest BCUT2D eigenvalue weighted by Crippen LogP contribution is 2.32. The molecule has 5 rings (SSSR count). The lowest BCUT2D eigenvalue weighted by atomic mass is 9.88. The lowest BCUT2D eigenvalue weighted by Gasteiger charge is -2.31. The van der Waals surface area contributed by atoms with Gasteiger partial charge in [0.1, 0.15) is 13.2 Å². The summed E-state index contributed by atoms with van der Waals surface area (Å²) >= 11 is 0. The zero-order valence-corrected chi connectivity index (χ0v) is 19.8. The van der Waals surface area contributed by atoms with Crippen molar-refractivity contribution < 1.29 is 23.9 Å². The van der Waals surface area contributed by atoms with Crippen molar-refractivity contribution in [2.45, 2.75) is 32.1 Å². The van der Waals surface area contributed by atoms with Crippen LogP contribution in [-0.4, -0.2) is 61.9 Å². The number of carbonyl (C=O) groups excluding carboxylic acids is 3. The van der Waals surface area contributed by atoms with Gasteiger partial charge in [0, 0.05) is 48.8 Å². The number of rotatable bonds is 7. The minimum atomic E-state index is -0.0375. The van der Waals surface area contributed by atoms with E-state index in [1.165, 1.54) is 0 Å². The van der Waals surface area contributed by atoms with Crippen molar-refractivity contribution in [3.8, 4) is 11.5 Å². The molecule has 2 fully saturated rings. The smallest absolute Gasteiger partial charge is 0.227 e. The summed E-state index contributed by atoms with van der Waals surface area (Å²) in [4.78, 5) is 41.3. The third-order valence-corrected chi connectivity index (χ3v) is 6.98. The van der Waals surface area contributed by atoms with Crippen LogP contribution in [0.1, 0.15) is 42.5 Å². The second-order valence-electron chi connectivity index (χ2n) is 9.33. The molecule has 35 heavy (non-hydrogen) atoms. The molecule has 3 aliphatic rings. The van der Waals surface area contributed by atoms with Crippen molar-refractivity contribution in [3.63, 3.8) is 0 Å². The van der Waals surface area contributed by atoms with Crippen molar-refractivity contribution in [2.75, 3.05) is 49.6 Å². The van der Waals surface area contributed by atoms with Crippen LogP contribution in [0.15, 0.2) is 42.5 Å². The summed E-state index contributed by atoms with van der Waals surface area (Å²) < 4.78 is 11.2. The summed E-state index contributed by atoms with van der Waals surface area (Å²) in [5.74, 6) is 1.59. The van der Waals surface area contributed by atoms with Gasteiger partial charge in [0.15, 0.2) is 17.3 Å². The molecule has 0 aromatic heterocycles. The fourth-order valence-electron chi connectivity index (χ4n) is 4.98. The van der Waals surface area contributed by atoms with E-state index < -0.39 is 0 Å². The molecule has 2 aromatic rings. The minimum absolute atomic E-state index is 0.0105. The summed E-state index contributed by atoms with van der Waals surface area (Å²) in [5, 5.41) is 2.94. The Labute approximate surface area is 205 Å². The Morgan fingerprint density at radius 1 is 0.943 bits per heavy atom. The highest BCUT2D eigenvalue weighted by Gasteiger charge is 2.27. The van der Waals surface area contributed by atoms with Crippen LogP contribution < -0.4 is 19.7 Å². The van der Waals surface area contributed by atoms with Gasteiger partial charge in [0.25, 0.3) is 0 Å². The summed E-state index contributed by atoms with van der Waals surface area (Å²) in [6.07, 6.45) is 3.45. The molecular formula is C27H31N3O5. The maximum atomic E-state index is 13.0. The quantitative estimate of drug-likeness (QED) is 0.614. The monoisotopic (exact) mass is 477 g/mol. The van der Waals surface area contributed by atoms with Crippen molar-refractivity contribution in [1.82, 2.24) is 4.90 Å². The third kappa shape index (κ3) is 5.48. The molecule has 0 saturated carbocycles. The Morgan fingerprint density at radius 2 is 1.69 bits per heavy atom. The van der Waals surface area contributed by atoms with E-state index in [-0.39, 0.29) is 23.5 Å². The molecule has 8 nitrogen and oxygen atoms in total. The molecule has 0 radical (unpaired) electrons. The van der Waals surface area contributed by atoms with Crippen molar-refractivity contribution in [2.24, 2.45) is 5.92 Å². The number of nitrogens with one attached hydrogen (secondary N) is 1. The van der Waals surface area contributed by atoms with E-state index in [0.717, 1.165) is 50.3 Å². The maximum Gasteiger partial charge on any atom is 0.227 e. The number of piperidine rings is 1. The summed E-state index contributed by atoms with van der Waals surface area (Å²) in [6, 6.07) is 12.9. The van der Waals surface area contributed by atoms with Gasteiger partial charge in [-0.3, -0.25) is 14.4 Å². The molecule has 3 aliphatic heterocycles. The summed E-state index contributed by atoms with van der Waals surface area (Å²) in [7, 11) is 0. The van der Waals surface area contributed by atoms with Gasteiger partial charge in [-0.1, -0.05) is 0 Å². The predicted octanol–water partition coefficient (Wildman–Crippen LogP) is 3.51. The van der Waals surface area contributed by atoms with Crippen LogP contribution in [0.4, 0.5) is 11.4 Å². The number of ketones is 1. The molecule has 2 aromatic carbocycles. The molecule has 0 bridgehead atoms. The highest BCUT2D eigenvalue weighted by molar-refractivity contribution is 5.98. The van der Waals surface area contributed by atoms with Crippen LogP contribution >= 0.6 is 0 Å². The maximum absolute atomic E-state index is 13.0. The van der Waals surface area contributed by atoms with E-state index in [1.807, 2.05) is 36.4 Å². The molecule has 0 atom stereocenters. The average molecular weight is 478 g/mol. The second kappa shape index (κ2) is 10.5. The van der Waals surface area contributed by atoms with Crippen LogP contribution in [0.2, 0.25) is 0 Å². The van der Waals surface area contributed by atoms with Gasteiger partial charge in [-0.2, -0.15) is 0 Å². The number of likely N-dealkylation sites (tertiary alicyclic amines) is 1. The van der Waals surface area contributed by atoms with Crippen LogP contribution in [0.3, 0.4) is 0 Å². The van der Waals surface area contributed by atoms with Gasteiger partial charge >= 0.3 is 0 Å². The first-order valence-electron chi connectivity index (χ1n) is 12.4. The number of hydrogen-bond acceptors (Lipinski definition) is 6. The lowest BCUT2D eigenvalue weighted by molar-refractivity contribution is -0.117. The Balaban J connectivity index is 1.05. The van der Waals surface area contributed by atoms with Gasteiger partial charge in [-0.05, 0) is 74.8 Å². The lowest BCUT2D eigenvalue weighted by Crippen LogP contribution is -2.38. The Hall–Kier alpha value is -3.39. The number of ether oxygens (including phenoxy) is 2. The molecule has 1 N–H and O–H groups in total. The molecule has 2 amide bonds. The number of carbonyl (C=O) groups is 3. The Kier molecular flexibility index (Phi) is 6.99. The average Bonchev–Trinajstić information content (AvgIpc) is 3.33. The fourth-order valence-corrected chi connectivity index (χ4v) is 4.98. The Morgan fingerprint density at radius 3 is 2.40 bits per heavy atom. The molecule has 0 unspecified atom stereocenters. The largest absolute Gasteiger partial charge is 0.486 e. The second-order valence-corrected chi connectivity index (χ2v) is 9.33. The van der Waals surface area contributed by atoms with Gasteiger partial charge in [-0.25, -0.2) is 0 Å². The van der Waals surface area contributed by atoms with E-state index >= 15 is 0 Å². The third-order valence-electron chi connectivity index (χ3n) is 6.98. The van der Waals surface area contributed by atoms with Crippen LogP contribution in [0.25, 0.3) is 0 Å². The molecule has 0 spiro atoms. The van der Waals surface area contributed by atoms with Gasteiger partial charge in [-0.15, -0.1) is 0 Å². The van der Waals surface area contributed by atoms with Crippen LogP contribution in [0, 0.1) is 5.92 Å². The predicted molar refractivity (Wildman–Crippen MR) is 132 cm³/mol. The molecule has 184 valence electrons. The number of hydrogen-bond donors (Lipinski definition) is 1. The van der Waals surface area contributed by atoms with E-state index in [4.69, 9.17) is 9.47 Å². The summed E-state index contributed by atoms with van der Waals surface area (Å²) in [5.41, 5.74) is 2.28. The number of benzene rings is 2. The molecular weight excluding hydrogens is 446 g/mol. The first kappa shape index (κ1) is 23.4. The topological polar surface area (TPSA) is 88.2 Å². The van der Waals surface area contributed by atoms with E-state index in [9.17, 15) is 14.4 Å².